The molecule has 112 valence electrons. The van der Waals surface area contributed by atoms with E-state index in [4.69, 9.17) is 5.26 Å². The Bertz CT molecular complexity index is 394. The highest BCUT2D eigenvalue weighted by molar-refractivity contribution is 5.85. The molecule has 1 aliphatic carbocycles. The van der Waals surface area contributed by atoms with Crippen LogP contribution in [-0.4, -0.2) is 35.0 Å². The molecule has 1 N–H and O–H groups in total. The van der Waals surface area contributed by atoms with Gasteiger partial charge in [-0.05, 0) is 26.7 Å². The molecule has 1 saturated carbocycles. The minimum atomic E-state index is -0.890. The van der Waals surface area contributed by atoms with Crippen LogP contribution >= 0.6 is 0 Å². The molecule has 0 aromatic carbocycles. The third-order valence-corrected chi connectivity index (χ3v) is 4.20. The quantitative estimate of drug-likeness (QED) is 0.810. The van der Waals surface area contributed by atoms with Crippen molar-refractivity contribution in [2.24, 2.45) is 11.3 Å². The molecule has 0 heterocycles. The Labute approximate surface area is 120 Å². The van der Waals surface area contributed by atoms with E-state index in [2.05, 4.69) is 6.07 Å². The Morgan fingerprint density at radius 3 is 2.40 bits per heavy atom. The zero-order valence-corrected chi connectivity index (χ0v) is 12.4. The molecule has 1 rings (SSSR count). The molecule has 0 aromatic heterocycles. The van der Waals surface area contributed by atoms with Crippen LogP contribution in [0, 0.1) is 22.7 Å². The van der Waals surface area contributed by atoms with Gasteiger partial charge in [-0.25, -0.2) is 0 Å². The van der Waals surface area contributed by atoms with Gasteiger partial charge in [0, 0.05) is 19.5 Å². The van der Waals surface area contributed by atoms with Crippen LogP contribution in [0.3, 0.4) is 0 Å². The standard InChI is InChI=1S/C15H24N2O3/c1-3-17(11-12(2)10-16)13(18)9-15(14(19)20)7-5-4-6-8-15/h12H,3-9,11H2,1-2H3,(H,19,20). The first-order valence-corrected chi connectivity index (χ1v) is 7.36. The van der Waals surface area contributed by atoms with Gasteiger partial charge >= 0.3 is 5.97 Å². The summed E-state index contributed by atoms with van der Waals surface area (Å²) in [4.78, 5) is 25.5. The molecule has 0 spiro atoms. The van der Waals surface area contributed by atoms with Crippen molar-refractivity contribution in [3.05, 3.63) is 0 Å². The number of nitrogens with zero attached hydrogens (tertiary/aromatic N) is 2. The lowest BCUT2D eigenvalue weighted by Crippen LogP contribution is -2.42. The second-order valence-electron chi connectivity index (χ2n) is 5.79. The van der Waals surface area contributed by atoms with Gasteiger partial charge in [-0.2, -0.15) is 5.26 Å². The first-order valence-electron chi connectivity index (χ1n) is 7.36. The molecule has 5 heteroatoms. The van der Waals surface area contributed by atoms with Gasteiger partial charge in [0.2, 0.25) is 5.91 Å². The van der Waals surface area contributed by atoms with Crippen molar-refractivity contribution in [2.45, 2.75) is 52.4 Å². The zero-order chi connectivity index (χ0) is 15.2. The number of hydrogen-bond acceptors (Lipinski definition) is 3. The Balaban J connectivity index is 2.74. The van der Waals surface area contributed by atoms with E-state index < -0.39 is 11.4 Å². The minimum absolute atomic E-state index is 0.0638. The number of hydrogen-bond donors (Lipinski definition) is 1. The second kappa shape index (κ2) is 7.28. The largest absolute Gasteiger partial charge is 0.481 e. The van der Waals surface area contributed by atoms with Gasteiger partial charge < -0.3 is 10.0 Å². The summed E-state index contributed by atoms with van der Waals surface area (Å²) < 4.78 is 0. The van der Waals surface area contributed by atoms with E-state index in [9.17, 15) is 14.7 Å². The molecule has 0 radical (unpaired) electrons. The number of rotatable bonds is 6. The van der Waals surface area contributed by atoms with Gasteiger partial charge in [-0.3, -0.25) is 9.59 Å². The maximum Gasteiger partial charge on any atom is 0.310 e. The zero-order valence-electron chi connectivity index (χ0n) is 12.4. The van der Waals surface area contributed by atoms with Crippen molar-refractivity contribution in [2.75, 3.05) is 13.1 Å². The summed E-state index contributed by atoms with van der Waals surface area (Å²) in [7, 11) is 0. The number of nitriles is 1. The van der Waals surface area contributed by atoms with E-state index in [1.165, 1.54) is 0 Å². The highest BCUT2D eigenvalue weighted by Crippen LogP contribution is 2.40. The Morgan fingerprint density at radius 1 is 1.35 bits per heavy atom. The summed E-state index contributed by atoms with van der Waals surface area (Å²) in [6.07, 6.45) is 4.03. The average molecular weight is 280 g/mol. The highest BCUT2D eigenvalue weighted by Gasteiger charge is 2.42. The van der Waals surface area contributed by atoms with Crippen LogP contribution in [0.2, 0.25) is 0 Å². The predicted octanol–water partition coefficient (Wildman–Crippen LogP) is 2.42. The highest BCUT2D eigenvalue weighted by atomic mass is 16.4. The Morgan fingerprint density at radius 2 is 1.95 bits per heavy atom. The molecule has 1 unspecified atom stereocenters. The first kappa shape index (κ1) is 16.5. The molecule has 20 heavy (non-hydrogen) atoms. The van der Waals surface area contributed by atoms with Crippen molar-refractivity contribution in [3.8, 4) is 6.07 Å². The fourth-order valence-corrected chi connectivity index (χ4v) is 2.87. The topological polar surface area (TPSA) is 81.4 Å². The Hall–Kier alpha value is -1.57. The SMILES string of the molecule is CCN(CC(C)C#N)C(=O)CC1(C(=O)O)CCCCC1. The second-order valence-corrected chi connectivity index (χ2v) is 5.79. The van der Waals surface area contributed by atoms with Crippen molar-refractivity contribution < 1.29 is 14.7 Å². The van der Waals surface area contributed by atoms with E-state index in [0.29, 0.717) is 25.9 Å². The van der Waals surface area contributed by atoms with E-state index in [1.54, 1.807) is 11.8 Å². The van der Waals surface area contributed by atoms with E-state index in [1.807, 2.05) is 6.92 Å². The summed E-state index contributed by atoms with van der Waals surface area (Å²) >= 11 is 0. The molecule has 1 fully saturated rings. The third kappa shape index (κ3) is 3.96. The van der Waals surface area contributed by atoms with Gasteiger partial charge in [0.1, 0.15) is 0 Å². The number of amides is 1. The number of carbonyl (C=O) groups excluding carboxylic acids is 1. The van der Waals surface area contributed by atoms with Crippen LogP contribution in [0.15, 0.2) is 0 Å². The minimum Gasteiger partial charge on any atom is -0.481 e. The summed E-state index contributed by atoms with van der Waals surface area (Å²) in [5, 5.41) is 18.3. The third-order valence-electron chi connectivity index (χ3n) is 4.20. The van der Waals surface area contributed by atoms with E-state index in [-0.39, 0.29) is 18.2 Å². The van der Waals surface area contributed by atoms with Crippen LogP contribution in [-0.2, 0) is 9.59 Å². The molecular formula is C15H24N2O3. The molecule has 5 nitrogen and oxygen atoms in total. The van der Waals surface area contributed by atoms with Gasteiger partial charge in [0.05, 0.1) is 17.4 Å². The van der Waals surface area contributed by atoms with Gasteiger partial charge in [-0.15, -0.1) is 0 Å². The molecule has 0 aromatic rings. The summed E-state index contributed by atoms with van der Waals surface area (Å²) in [5.41, 5.74) is -0.890. The number of carboxylic acid groups (broad SMARTS) is 1. The fourth-order valence-electron chi connectivity index (χ4n) is 2.87. The maximum absolute atomic E-state index is 12.4. The van der Waals surface area contributed by atoms with Crippen molar-refractivity contribution in [3.63, 3.8) is 0 Å². The van der Waals surface area contributed by atoms with E-state index in [0.717, 1.165) is 19.3 Å². The van der Waals surface area contributed by atoms with Crippen LogP contribution in [0.4, 0.5) is 0 Å². The molecular weight excluding hydrogens is 256 g/mol. The van der Waals surface area contributed by atoms with Crippen LogP contribution in [0.5, 0.6) is 0 Å². The maximum atomic E-state index is 12.4. The predicted molar refractivity (Wildman–Crippen MR) is 74.8 cm³/mol. The monoisotopic (exact) mass is 280 g/mol. The van der Waals surface area contributed by atoms with Crippen molar-refractivity contribution in [1.29, 1.82) is 5.26 Å². The molecule has 1 aliphatic rings. The van der Waals surface area contributed by atoms with Crippen LogP contribution in [0.25, 0.3) is 0 Å². The molecule has 0 saturated heterocycles. The van der Waals surface area contributed by atoms with Crippen LogP contribution < -0.4 is 0 Å². The number of carbonyl (C=O) groups is 2. The lowest BCUT2D eigenvalue weighted by Gasteiger charge is -2.34. The molecule has 0 aliphatic heterocycles. The smallest absolute Gasteiger partial charge is 0.310 e. The fraction of sp³-hybridized carbons (Fsp3) is 0.800. The van der Waals surface area contributed by atoms with Gasteiger partial charge in [0.15, 0.2) is 0 Å². The first-order chi connectivity index (χ1) is 9.45. The Kier molecular flexibility index (Phi) is 6.00. The molecule has 1 atom stereocenters. The number of carboxylic acids is 1. The normalized spacial score (nSPS) is 18.9. The molecule has 1 amide bonds. The summed E-state index contributed by atoms with van der Waals surface area (Å²) in [5.74, 6) is -1.22. The van der Waals surface area contributed by atoms with Crippen molar-refractivity contribution >= 4 is 11.9 Å². The number of aliphatic carboxylic acids is 1. The summed E-state index contributed by atoms with van der Waals surface area (Å²) in [6.45, 7) is 4.52. The van der Waals surface area contributed by atoms with Crippen LogP contribution in [0.1, 0.15) is 52.4 Å². The van der Waals surface area contributed by atoms with Gasteiger partial charge in [0.25, 0.3) is 0 Å². The lowest BCUT2D eigenvalue weighted by atomic mass is 9.71. The lowest BCUT2D eigenvalue weighted by molar-refractivity contribution is -0.156. The summed E-state index contributed by atoms with van der Waals surface area (Å²) in [6, 6.07) is 2.11. The van der Waals surface area contributed by atoms with E-state index >= 15 is 0 Å². The van der Waals surface area contributed by atoms with Gasteiger partial charge in [-0.1, -0.05) is 19.3 Å². The average Bonchev–Trinajstić information content (AvgIpc) is 2.45. The molecule has 0 bridgehead atoms. The van der Waals surface area contributed by atoms with Crippen molar-refractivity contribution in [1.82, 2.24) is 4.90 Å².